The molecule has 3 N–H and O–H groups in total. The number of hydrogen-bond donors (Lipinski definition) is 2. The minimum Gasteiger partial charge on any atom is -0.381 e. The Kier molecular flexibility index (Phi) is 6.18. The molecule has 0 aromatic rings. The molecule has 0 unspecified atom stereocenters. The van der Waals surface area contributed by atoms with Gasteiger partial charge in [-0.05, 0) is 19.3 Å². The third kappa shape index (κ3) is 3.98. The van der Waals surface area contributed by atoms with Gasteiger partial charge in [0.2, 0.25) is 0 Å². The second-order valence-corrected chi connectivity index (χ2v) is 4.06. The van der Waals surface area contributed by atoms with Gasteiger partial charge in [-0.1, -0.05) is 6.92 Å². The third-order valence-electron chi connectivity index (χ3n) is 2.79. The highest BCUT2D eigenvalue weighted by Gasteiger charge is 2.24. The number of carbonyl (C=O) groups excluding carboxylic acids is 1. The number of nitrogens with one attached hydrogen (secondary N) is 1. The highest BCUT2D eigenvalue weighted by molar-refractivity contribution is 5.74. The highest BCUT2D eigenvalue weighted by Crippen LogP contribution is 2.14. The van der Waals surface area contributed by atoms with E-state index < -0.39 is 0 Å². The molecule has 0 bridgehead atoms. The largest absolute Gasteiger partial charge is 0.381 e. The van der Waals surface area contributed by atoms with Crippen LogP contribution in [0.4, 0.5) is 4.79 Å². The Hall–Kier alpha value is -0.810. The van der Waals surface area contributed by atoms with Crippen molar-refractivity contribution in [2.75, 3.05) is 32.8 Å². The van der Waals surface area contributed by atoms with Gasteiger partial charge in [-0.3, -0.25) is 0 Å². The third-order valence-corrected chi connectivity index (χ3v) is 2.79. The standard InChI is InChI=1S/C11H23N3O2/c1-2-6-13-11(15)14(7-5-12)10-3-8-16-9-4-10/h10H,2-9,12H2,1H3,(H,13,15). The molecule has 1 heterocycles. The van der Waals surface area contributed by atoms with Crippen LogP contribution in [0.2, 0.25) is 0 Å². The van der Waals surface area contributed by atoms with E-state index in [0.717, 1.165) is 39.0 Å². The Morgan fingerprint density at radius 3 is 2.75 bits per heavy atom. The van der Waals surface area contributed by atoms with Crippen molar-refractivity contribution >= 4 is 6.03 Å². The molecule has 0 atom stereocenters. The van der Waals surface area contributed by atoms with Crippen LogP contribution in [0.1, 0.15) is 26.2 Å². The van der Waals surface area contributed by atoms with E-state index in [1.807, 2.05) is 11.8 Å². The van der Waals surface area contributed by atoms with Gasteiger partial charge in [0, 0.05) is 38.9 Å². The average molecular weight is 229 g/mol. The molecule has 1 aliphatic heterocycles. The summed E-state index contributed by atoms with van der Waals surface area (Å²) in [6.07, 6.45) is 2.79. The Morgan fingerprint density at radius 1 is 1.50 bits per heavy atom. The first kappa shape index (κ1) is 13.3. The monoisotopic (exact) mass is 229 g/mol. The number of ether oxygens (including phenoxy) is 1. The van der Waals surface area contributed by atoms with Gasteiger partial charge in [0.25, 0.3) is 0 Å². The Morgan fingerprint density at radius 2 is 2.19 bits per heavy atom. The second kappa shape index (κ2) is 7.46. The minimum absolute atomic E-state index is 0.0131. The number of hydrogen-bond acceptors (Lipinski definition) is 3. The quantitative estimate of drug-likeness (QED) is 0.723. The molecule has 0 aliphatic carbocycles. The first-order chi connectivity index (χ1) is 7.79. The molecule has 0 aromatic carbocycles. The lowest BCUT2D eigenvalue weighted by Gasteiger charge is -2.34. The molecule has 1 saturated heterocycles. The fourth-order valence-electron chi connectivity index (χ4n) is 1.92. The summed E-state index contributed by atoms with van der Waals surface area (Å²) < 4.78 is 5.30. The van der Waals surface area contributed by atoms with Gasteiger partial charge in [0.1, 0.15) is 0 Å². The van der Waals surface area contributed by atoms with E-state index in [1.165, 1.54) is 0 Å². The maximum atomic E-state index is 11.9. The maximum Gasteiger partial charge on any atom is 0.317 e. The number of nitrogens with zero attached hydrogens (tertiary/aromatic N) is 1. The van der Waals surface area contributed by atoms with Crippen LogP contribution in [0.15, 0.2) is 0 Å². The number of rotatable bonds is 5. The van der Waals surface area contributed by atoms with Gasteiger partial charge < -0.3 is 20.7 Å². The summed E-state index contributed by atoms with van der Waals surface area (Å²) >= 11 is 0. The molecular formula is C11H23N3O2. The average Bonchev–Trinajstić information content (AvgIpc) is 2.34. The van der Waals surface area contributed by atoms with Crippen LogP contribution in [0.25, 0.3) is 0 Å². The van der Waals surface area contributed by atoms with Crippen molar-refractivity contribution in [1.82, 2.24) is 10.2 Å². The van der Waals surface area contributed by atoms with Crippen molar-refractivity contribution in [3.8, 4) is 0 Å². The van der Waals surface area contributed by atoms with Gasteiger partial charge in [0.05, 0.1) is 0 Å². The van der Waals surface area contributed by atoms with Crippen LogP contribution in [0.5, 0.6) is 0 Å². The van der Waals surface area contributed by atoms with Gasteiger partial charge in [-0.25, -0.2) is 4.79 Å². The second-order valence-electron chi connectivity index (χ2n) is 4.06. The molecule has 0 radical (unpaired) electrons. The van der Waals surface area contributed by atoms with E-state index in [0.29, 0.717) is 13.1 Å². The van der Waals surface area contributed by atoms with E-state index in [2.05, 4.69) is 5.32 Å². The molecular weight excluding hydrogens is 206 g/mol. The molecule has 0 spiro atoms. The summed E-state index contributed by atoms with van der Waals surface area (Å²) in [5, 5.41) is 2.91. The summed E-state index contributed by atoms with van der Waals surface area (Å²) in [7, 11) is 0. The van der Waals surface area contributed by atoms with Crippen molar-refractivity contribution in [1.29, 1.82) is 0 Å². The predicted octanol–water partition coefficient (Wildman–Crippen LogP) is 0.546. The predicted molar refractivity (Wildman–Crippen MR) is 63.3 cm³/mol. The van der Waals surface area contributed by atoms with Gasteiger partial charge in [-0.15, -0.1) is 0 Å². The SMILES string of the molecule is CCCNC(=O)N(CCN)C1CCOCC1. The van der Waals surface area contributed by atoms with Crippen LogP contribution in [-0.2, 0) is 4.74 Å². The summed E-state index contributed by atoms with van der Waals surface area (Å²) in [6, 6.07) is 0.299. The van der Waals surface area contributed by atoms with Gasteiger partial charge in [-0.2, -0.15) is 0 Å². The lowest BCUT2D eigenvalue weighted by atomic mass is 10.1. The normalized spacial score (nSPS) is 17.1. The van der Waals surface area contributed by atoms with E-state index in [9.17, 15) is 4.79 Å². The zero-order chi connectivity index (χ0) is 11.8. The first-order valence-corrected chi connectivity index (χ1v) is 6.11. The minimum atomic E-state index is 0.0131. The maximum absolute atomic E-state index is 11.9. The van der Waals surface area contributed by atoms with Crippen LogP contribution >= 0.6 is 0 Å². The lowest BCUT2D eigenvalue weighted by Crippen LogP contribution is -2.50. The van der Waals surface area contributed by atoms with Gasteiger partial charge in [0.15, 0.2) is 0 Å². The lowest BCUT2D eigenvalue weighted by molar-refractivity contribution is 0.0467. The van der Waals surface area contributed by atoms with E-state index in [4.69, 9.17) is 10.5 Å². The molecule has 0 saturated carbocycles. The summed E-state index contributed by atoms with van der Waals surface area (Å²) in [6.45, 7) is 5.39. The van der Waals surface area contributed by atoms with Gasteiger partial charge >= 0.3 is 6.03 Å². The van der Waals surface area contributed by atoms with Crippen LogP contribution < -0.4 is 11.1 Å². The molecule has 0 aromatic heterocycles. The zero-order valence-electron chi connectivity index (χ0n) is 10.1. The summed E-state index contributed by atoms with van der Waals surface area (Å²) in [4.78, 5) is 13.8. The van der Waals surface area contributed by atoms with Crippen LogP contribution in [0.3, 0.4) is 0 Å². The first-order valence-electron chi connectivity index (χ1n) is 6.11. The Bertz CT molecular complexity index is 205. The summed E-state index contributed by atoms with van der Waals surface area (Å²) in [5.74, 6) is 0. The fraction of sp³-hybridized carbons (Fsp3) is 0.909. The molecule has 2 amide bonds. The van der Waals surface area contributed by atoms with Crippen molar-refractivity contribution in [2.24, 2.45) is 5.73 Å². The number of nitrogens with two attached hydrogens (primary N) is 1. The number of urea groups is 1. The molecule has 94 valence electrons. The van der Waals surface area contributed by atoms with E-state index >= 15 is 0 Å². The molecule has 1 fully saturated rings. The Labute approximate surface area is 97.3 Å². The molecule has 1 rings (SSSR count). The molecule has 5 nitrogen and oxygen atoms in total. The molecule has 5 heteroatoms. The van der Waals surface area contributed by atoms with Crippen molar-refractivity contribution in [3.05, 3.63) is 0 Å². The van der Waals surface area contributed by atoms with E-state index in [-0.39, 0.29) is 12.1 Å². The van der Waals surface area contributed by atoms with Crippen LogP contribution in [-0.4, -0.2) is 49.8 Å². The van der Waals surface area contributed by atoms with E-state index in [1.54, 1.807) is 0 Å². The molecule has 1 aliphatic rings. The number of amides is 2. The topological polar surface area (TPSA) is 67.6 Å². The fourth-order valence-corrected chi connectivity index (χ4v) is 1.92. The molecule has 16 heavy (non-hydrogen) atoms. The van der Waals surface area contributed by atoms with Crippen molar-refractivity contribution in [2.45, 2.75) is 32.2 Å². The zero-order valence-corrected chi connectivity index (χ0v) is 10.1. The summed E-state index contributed by atoms with van der Waals surface area (Å²) in [5.41, 5.74) is 5.55. The van der Waals surface area contributed by atoms with Crippen molar-refractivity contribution in [3.63, 3.8) is 0 Å². The van der Waals surface area contributed by atoms with Crippen LogP contribution in [0, 0.1) is 0 Å². The highest BCUT2D eigenvalue weighted by atomic mass is 16.5. The smallest absolute Gasteiger partial charge is 0.317 e. The van der Waals surface area contributed by atoms with Crippen molar-refractivity contribution < 1.29 is 9.53 Å². The number of carbonyl (C=O) groups is 1. The Balaban J connectivity index is 2.47.